The molecule has 1 amide bonds. The fraction of sp³-hybridized carbons (Fsp3) is 0.667. The molecule has 0 radical (unpaired) electrons. The Hall–Kier alpha value is -0.910. The van der Waals surface area contributed by atoms with Gasteiger partial charge in [-0.1, -0.05) is 11.6 Å². The van der Waals surface area contributed by atoms with Gasteiger partial charge in [0.1, 0.15) is 11.9 Å². The Bertz CT molecular complexity index is 629. The van der Waals surface area contributed by atoms with E-state index < -0.39 is 0 Å². The molecule has 2 fully saturated rings. The van der Waals surface area contributed by atoms with Crippen LogP contribution in [0, 0.1) is 0 Å². The highest BCUT2D eigenvalue weighted by Crippen LogP contribution is 2.29. The van der Waals surface area contributed by atoms with Crippen LogP contribution in [0.1, 0.15) is 49.4 Å². The molecule has 2 saturated heterocycles. The number of carbonyl (C=O) groups excluding carboxylic acids is 1. The van der Waals surface area contributed by atoms with Crippen molar-refractivity contribution in [2.45, 2.75) is 51.2 Å². The fourth-order valence-electron chi connectivity index (χ4n) is 4.00. The second-order valence-electron chi connectivity index (χ2n) is 7.65. The van der Waals surface area contributed by atoms with Gasteiger partial charge in [0.25, 0.3) is 5.91 Å². The minimum absolute atomic E-state index is 0.0763. The normalized spacial score (nSPS) is 20.5. The third kappa shape index (κ3) is 5.55. The summed E-state index contributed by atoms with van der Waals surface area (Å²) < 4.78 is 6.30. The summed E-state index contributed by atoms with van der Waals surface area (Å²) >= 11 is 8.11. The molecule has 2 aliphatic rings. The van der Waals surface area contributed by atoms with Crippen molar-refractivity contribution in [3.05, 3.63) is 28.8 Å². The number of benzene rings is 1. The number of halogens is 1. The van der Waals surface area contributed by atoms with Gasteiger partial charge in [0.15, 0.2) is 0 Å². The molecule has 1 atom stereocenters. The van der Waals surface area contributed by atoms with Crippen molar-refractivity contribution >= 4 is 29.3 Å². The topological polar surface area (TPSA) is 32.8 Å². The molecule has 6 heteroatoms. The number of thioether (sulfide) groups is 1. The van der Waals surface area contributed by atoms with E-state index in [1.54, 1.807) is 6.07 Å². The Morgan fingerprint density at radius 1 is 1.22 bits per heavy atom. The van der Waals surface area contributed by atoms with Gasteiger partial charge in [-0.05, 0) is 63.5 Å². The highest BCUT2D eigenvalue weighted by Gasteiger charge is 2.26. The van der Waals surface area contributed by atoms with E-state index in [0.717, 1.165) is 57.6 Å². The van der Waals surface area contributed by atoms with Gasteiger partial charge >= 0.3 is 0 Å². The highest BCUT2D eigenvalue weighted by atomic mass is 35.5. The molecule has 27 heavy (non-hydrogen) atoms. The summed E-state index contributed by atoms with van der Waals surface area (Å²) in [6.07, 6.45) is 7.66. The van der Waals surface area contributed by atoms with Crippen molar-refractivity contribution < 1.29 is 9.53 Å². The zero-order valence-electron chi connectivity index (χ0n) is 16.5. The van der Waals surface area contributed by atoms with E-state index >= 15 is 0 Å². The molecule has 1 aromatic carbocycles. The highest BCUT2D eigenvalue weighted by molar-refractivity contribution is 7.98. The minimum atomic E-state index is 0.0763. The molecule has 2 heterocycles. The Labute approximate surface area is 172 Å². The van der Waals surface area contributed by atoms with Crippen LogP contribution in [0.4, 0.5) is 0 Å². The first-order valence-corrected chi connectivity index (χ1v) is 11.8. The maximum Gasteiger partial charge on any atom is 0.257 e. The average Bonchev–Trinajstić information content (AvgIpc) is 2.69. The molecule has 0 N–H and O–H groups in total. The Morgan fingerprint density at radius 3 is 2.59 bits per heavy atom. The molecule has 0 unspecified atom stereocenters. The van der Waals surface area contributed by atoms with Crippen LogP contribution >= 0.6 is 23.4 Å². The summed E-state index contributed by atoms with van der Waals surface area (Å²) in [5, 5.41) is 0.617. The number of amides is 1. The van der Waals surface area contributed by atoms with Gasteiger partial charge in [-0.25, -0.2) is 0 Å². The van der Waals surface area contributed by atoms with E-state index in [1.165, 1.54) is 6.42 Å². The van der Waals surface area contributed by atoms with Crippen LogP contribution in [0.3, 0.4) is 0 Å². The van der Waals surface area contributed by atoms with E-state index in [0.29, 0.717) is 22.4 Å². The maximum absolute atomic E-state index is 13.0. The van der Waals surface area contributed by atoms with E-state index in [9.17, 15) is 4.79 Å². The first-order chi connectivity index (χ1) is 13.1. The molecular weight excluding hydrogens is 380 g/mol. The van der Waals surface area contributed by atoms with Crippen LogP contribution in [0.2, 0.25) is 5.02 Å². The third-order valence-corrected chi connectivity index (χ3v) is 6.67. The number of hydrogen-bond donors (Lipinski definition) is 0. The Morgan fingerprint density at radius 2 is 1.93 bits per heavy atom. The van der Waals surface area contributed by atoms with Crippen molar-refractivity contribution in [2.24, 2.45) is 0 Å². The smallest absolute Gasteiger partial charge is 0.257 e. The molecule has 0 saturated carbocycles. The fourth-order valence-corrected chi connectivity index (χ4v) is 4.85. The molecule has 0 bridgehead atoms. The summed E-state index contributed by atoms with van der Waals surface area (Å²) in [5.41, 5.74) is 0.652. The predicted octanol–water partition coefficient (Wildman–Crippen LogP) is 4.56. The number of rotatable bonds is 6. The van der Waals surface area contributed by atoms with E-state index in [2.05, 4.69) is 18.1 Å². The quantitative estimate of drug-likeness (QED) is 0.688. The third-order valence-electron chi connectivity index (χ3n) is 5.62. The van der Waals surface area contributed by atoms with Crippen LogP contribution in [-0.4, -0.2) is 66.0 Å². The summed E-state index contributed by atoms with van der Waals surface area (Å²) in [7, 11) is 0. The van der Waals surface area contributed by atoms with Crippen molar-refractivity contribution in [3.63, 3.8) is 0 Å². The summed E-state index contributed by atoms with van der Waals surface area (Å²) in [4.78, 5) is 17.5. The van der Waals surface area contributed by atoms with Gasteiger partial charge in [0.05, 0.1) is 5.56 Å². The number of nitrogens with zero attached hydrogens (tertiary/aromatic N) is 2. The summed E-state index contributed by atoms with van der Waals surface area (Å²) in [5.74, 6) is 1.88. The molecule has 0 aromatic heterocycles. The molecule has 1 aromatic rings. The number of carbonyl (C=O) groups is 1. The SMILES string of the molecule is CSC[C@H](C)N1CCC(Oc2cc(Cl)ccc2C(=O)N2CCCCC2)CC1. The van der Waals surface area contributed by atoms with Crippen LogP contribution in [0.15, 0.2) is 18.2 Å². The Balaban J connectivity index is 1.64. The average molecular weight is 411 g/mol. The zero-order valence-corrected chi connectivity index (χ0v) is 18.0. The molecule has 4 nitrogen and oxygen atoms in total. The molecule has 2 aliphatic heterocycles. The van der Waals surface area contributed by atoms with Crippen LogP contribution in [0.25, 0.3) is 0 Å². The Kier molecular flexibility index (Phi) is 7.74. The van der Waals surface area contributed by atoms with Crippen LogP contribution in [0.5, 0.6) is 5.75 Å². The second-order valence-corrected chi connectivity index (χ2v) is 9.00. The number of ether oxygens (including phenoxy) is 1. The molecule has 3 rings (SSSR count). The maximum atomic E-state index is 13.0. The lowest BCUT2D eigenvalue weighted by atomic mass is 10.1. The van der Waals surface area contributed by atoms with Crippen molar-refractivity contribution in [1.29, 1.82) is 0 Å². The monoisotopic (exact) mass is 410 g/mol. The van der Waals surface area contributed by atoms with Gasteiger partial charge in [-0.3, -0.25) is 9.69 Å². The first kappa shape index (κ1) is 20.8. The molecule has 0 aliphatic carbocycles. The molecular formula is C21H31ClN2O2S. The van der Waals surface area contributed by atoms with Crippen molar-refractivity contribution in [2.75, 3.05) is 38.2 Å². The van der Waals surface area contributed by atoms with E-state index in [4.69, 9.17) is 16.3 Å². The minimum Gasteiger partial charge on any atom is -0.489 e. The molecule has 150 valence electrons. The van der Waals surface area contributed by atoms with E-state index in [1.807, 2.05) is 28.8 Å². The van der Waals surface area contributed by atoms with Crippen molar-refractivity contribution in [3.8, 4) is 5.75 Å². The lowest BCUT2D eigenvalue weighted by Gasteiger charge is -2.36. The lowest BCUT2D eigenvalue weighted by Crippen LogP contribution is -2.44. The van der Waals surface area contributed by atoms with Gasteiger partial charge in [-0.2, -0.15) is 11.8 Å². The van der Waals surface area contributed by atoms with Crippen molar-refractivity contribution in [1.82, 2.24) is 9.80 Å². The number of piperidine rings is 2. The molecule has 0 spiro atoms. The summed E-state index contributed by atoms with van der Waals surface area (Å²) in [6, 6.07) is 6.02. The van der Waals surface area contributed by atoms with Crippen LogP contribution < -0.4 is 4.74 Å². The lowest BCUT2D eigenvalue weighted by molar-refractivity contribution is 0.0693. The van der Waals surface area contributed by atoms with Gasteiger partial charge in [0.2, 0.25) is 0 Å². The predicted molar refractivity (Wildman–Crippen MR) is 114 cm³/mol. The second kappa shape index (κ2) is 10.0. The zero-order chi connectivity index (χ0) is 19.2. The largest absolute Gasteiger partial charge is 0.489 e. The van der Waals surface area contributed by atoms with Crippen LogP contribution in [-0.2, 0) is 0 Å². The van der Waals surface area contributed by atoms with Gasteiger partial charge in [0, 0.05) is 43.0 Å². The number of likely N-dealkylation sites (tertiary alicyclic amines) is 2. The van der Waals surface area contributed by atoms with Gasteiger partial charge < -0.3 is 9.64 Å². The summed E-state index contributed by atoms with van der Waals surface area (Å²) in [6.45, 7) is 6.06. The standard InChI is InChI=1S/C21H31ClN2O2S/c1-16(15-27-2)23-12-8-18(9-13-23)26-20-14-17(22)6-7-19(20)21(25)24-10-4-3-5-11-24/h6-7,14,16,18H,3-5,8-13,15H2,1-2H3/t16-/m0/s1. The number of hydrogen-bond acceptors (Lipinski definition) is 4. The van der Waals surface area contributed by atoms with Gasteiger partial charge in [-0.15, -0.1) is 0 Å². The first-order valence-electron chi connectivity index (χ1n) is 10.1. The van der Waals surface area contributed by atoms with E-state index in [-0.39, 0.29) is 12.0 Å².